The predicted molar refractivity (Wildman–Crippen MR) is 125 cm³/mol. The molecule has 0 N–H and O–H groups in total. The first-order valence-electron chi connectivity index (χ1n) is 10.5. The van der Waals surface area contributed by atoms with Crippen molar-refractivity contribution in [3.8, 4) is 5.75 Å². The van der Waals surface area contributed by atoms with Crippen molar-refractivity contribution in [2.75, 3.05) is 33.3 Å². The fourth-order valence-corrected chi connectivity index (χ4v) is 5.19. The number of fused-ring (bicyclic) bond motifs is 2. The van der Waals surface area contributed by atoms with E-state index in [0.717, 1.165) is 23.6 Å². The Morgan fingerprint density at radius 2 is 1.91 bits per heavy atom. The number of carbonyl (C=O) groups is 1. The maximum Gasteiger partial charge on any atom is 0.349 e. The molecule has 0 bridgehead atoms. The fraction of sp³-hybridized carbons (Fsp3) is 0.292. The highest BCUT2D eigenvalue weighted by atomic mass is 32.1. The molecule has 2 aromatic heterocycles. The molecule has 0 aliphatic carbocycles. The quantitative estimate of drug-likeness (QED) is 0.440. The van der Waals surface area contributed by atoms with Gasteiger partial charge in [0.25, 0.3) is 5.91 Å². The number of amides is 1. The molecule has 1 aliphatic rings. The van der Waals surface area contributed by atoms with Gasteiger partial charge >= 0.3 is 5.63 Å². The van der Waals surface area contributed by atoms with Gasteiger partial charge in [-0.25, -0.2) is 9.78 Å². The molecule has 3 heterocycles. The van der Waals surface area contributed by atoms with E-state index in [-0.39, 0.29) is 17.5 Å². The number of methoxy groups -OCH3 is 1. The van der Waals surface area contributed by atoms with Crippen LogP contribution >= 0.6 is 11.3 Å². The third-order valence-corrected chi connectivity index (χ3v) is 7.20. The Bertz CT molecular complexity index is 1320. The molecule has 0 unspecified atom stereocenters. The molecule has 8 heteroatoms. The summed E-state index contributed by atoms with van der Waals surface area (Å²) in [7, 11) is 1.52. The van der Waals surface area contributed by atoms with Crippen LogP contribution in [-0.4, -0.2) is 54.0 Å². The smallest absolute Gasteiger partial charge is 0.349 e. The molecular weight excluding hydrogens is 426 g/mol. The summed E-state index contributed by atoms with van der Waals surface area (Å²) < 4.78 is 11.9. The SMILES string of the molecule is COc1cccc2cc(C(=O)N3CCN([C@@H](C)c4nc5ccccc5s4)CC3)c(=O)oc12. The van der Waals surface area contributed by atoms with E-state index in [9.17, 15) is 9.59 Å². The second-order valence-corrected chi connectivity index (χ2v) is 8.91. The molecule has 0 saturated carbocycles. The van der Waals surface area contributed by atoms with E-state index in [2.05, 4.69) is 17.9 Å². The van der Waals surface area contributed by atoms with Crippen LogP contribution < -0.4 is 10.4 Å². The summed E-state index contributed by atoms with van der Waals surface area (Å²) in [4.78, 5) is 34.5. The van der Waals surface area contributed by atoms with Crippen LogP contribution in [0, 0.1) is 0 Å². The lowest BCUT2D eigenvalue weighted by Gasteiger charge is -2.37. The molecule has 2 aromatic carbocycles. The minimum atomic E-state index is -0.641. The number of hydrogen-bond acceptors (Lipinski definition) is 7. The van der Waals surface area contributed by atoms with Crippen molar-refractivity contribution < 1.29 is 13.9 Å². The van der Waals surface area contributed by atoms with E-state index < -0.39 is 5.63 Å². The van der Waals surface area contributed by atoms with Gasteiger partial charge in [0, 0.05) is 31.6 Å². The molecule has 0 radical (unpaired) electrons. The zero-order chi connectivity index (χ0) is 22.2. The number of ether oxygens (including phenoxy) is 1. The molecular formula is C24H23N3O4S. The first-order valence-corrected chi connectivity index (χ1v) is 11.4. The Morgan fingerprint density at radius 1 is 1.12 bits per heavy atom. The van der Waals surface area contributed by atoms with Gasteiger partial charge in [0.1, 0.15) is 10.6 Å². The number of benzene rings is 2. The van der Waals surface area contributed by atoms with E-state index in [1.807, 2.05) is 18.2 Å². The summed E-state index contributed by atoms with van der Waals surface area (Å²) in [6.07, 6.45) is 0. The van der Waals surface area contributed by atoms with Crippen molar-refractivity contribution in [2.45, 2.75) is 13.0 Å². The fourth-order valence-electron chi connectivity index (χ4n) is 4.14. The third-order valence-electron chi connectivity index (χ3n) is 5.99. The van der Waals surface area contributed by atoms with Gasteiger partial charge in [0.2, 0.25) is 0 Å². The average Bonchev–Trinajstić information content (AvgIpc) is 3.27. The zero-order valence-corrected chi connectivity index (χ0v) is 18.7. The Kier molecular flexibility index (Phi) is 5.40. The number of para-hydroxylation sites is 2. The number of hydrogen-bond donors (Lipinski definition) is 0. The van der Waals surface area contributed by atoms with Crippen LogP contribution in [0.2, 0.25) is 0 Å². The summed E-state index contributed by atoms with van der Waals surface area (Å²) in [5.41, 5.74) is 0.787. The lowest BCUT2D eigenvalue weighted by Crippen LogP contribution is -2.49. The van der Waals surface area contributed by atoms with E-state index >= 15 is 0 Å². The third kappa shape index (κ3) is 3.65. The summed E-state index contributed by atoms with van der Waals surface area (Å²) in [6, 6.07) is 15.2. The molecule has 1 amide bonds. The number of rotatable bonds is 4. The van der Waals surface area contributed by atoms with E-state index in [4.69, 9.17) is 14.1 Å². The van der Waals surface area contributed by atoms with Gasteiger partial charge in [-0.05, 0) is 31.2 Å². The average molecular weight is 450 g/mol. The second-order valence-electron chi connectivity index (χ2n) is 7.85. The van der Waals surface area contributed by atoms with E-state index in [0.29, 0.717) is 29.8 Å². The lowest BCUT2D eigenvalue weighted by atomic mass is 10.1. The minimum absolute atomic E-state index is 0.0541. The van der Waals surface area contributed by atoms with Crippen LogP contribution in [0.3, 0.4) is 0 Å². The predicted octanol–water partition coefficient (Wildman–Crippen LogP) is 3.93. The lowest BCUT2D eigenvalue weighted by molar-refractivity contribution is 0.0578. The van der Waals surface area contributed by atoms with Gasteiger partial charge in [-0.3, -0.25) is 9.69 Å². The van der Waals surface area contributed by atoms with Crippen molar-refractivity contribution in [1.29, 1.82) is 0 Å². The van der Waals surface area contributed by atoms with Crippen molar-refractivity contribution in [3.63, 3.8) is 0 Å². The standard InChI is InChI=1S/C24H23N3O4S/c1-15(22-25-18-7-3-4-9-20(18)32-22)26-10-12-27(13-11-26)23(28)17-14-16-6-5-8-19(30-2)21(16)31-24(17)29/h3-9,14-15H,10-13H2,1-2H3/t15-/m0/s1. The molecule has 1 atom stereocenters. The maximum atomic E-state index is 13.1. The van der Waals surface area contributed by atoms with Crippen molar-refractivity contribution in [1.82, 2.24) is 14.8 Å². The van der Waals surface area contributed by atoms with Crippen molar-refractivity contribution in [3.05, 3.63) is 69.5 Å². The summed E-state index contributed by atoms with van der Waals surface area (Å²) in [5, 5.41) is 1.74. The van der Waals surface area contributed by atoms with E-state index in [1.54, 1.807) is 40.5 Å². The highest BCUT2D eigenvalue weighted by Gasteiger charge is 2.28. The monoisotopic (exact) mass is 449 g/mol. The number of carbonyl (C=O) groups excluding carboxylic acids is 1. The molecule has 32 heavy (non-hydrogen) atoms. The minimum Gasteiger partial charge on any atom is -0.493 e. The molecule has 164 valence electrons. The van der Waals surface area contributed by atoms with Crippen LogP contribution in [0.15, 0.2) is 57.7 Å². The molecule has 7 nitrogen and oxygen atoms in total. The zero-order valence-electron chi connectivity index (χ0n) is 17.9. The van der Waals surface area contributed by atoms with Gasteiger partial charge in [-0.2, -0.15) is 0 Å². The van der Waals surface area contributed by atoms with Crippen LogP contribution in [0.1, 0.15) is 28.3 Å². The van der Waals surface area contributed by atoms with Crippen LogP contribution in [0.25, 0.3) is 21.2 Å². The number of aromatic nitrogens is 1. The number of thiazole rings is 1. The molecule has 0 spiro atoms. The van der Waals surface area contributed by atoms with Crippen LogP contribution in [0.4, 0.5) is 0 Å². The van der Waals surface area contributed by atoms with Gasteiger partial charge in [0.15, 0.2) is 11.3 Å². The highest BCUT2D eigenvalue weighted by molar-refractivity contribution is 7.18. The highest BCUT2D eigenvalue weighted by Crippen LogP contribution is 2.30. The molecule has 4 aromatic rings. The van der Waals surface area contributed by atoms with Gasteiger partial charge in [0.05, 0.1) is 23.4 Å². The number of piperazine rings is 1. The topological polar surface area (TPSA) is 75.9 Å². The summed E-state index contributed by atoms with van der Waals surface area (Å²) >= 11 is 1.71. The molecule has 1 fully saturated rings. The van der Waals surface area contributed by atoms with Gasteiger partial charge in [-0.1, -0.05) is 24.3 Å². The van der Waals surface area contributed by atoms with Crippen molar-refractivity contribution >= 4 is 38.4 Å². The molecule has 5 rings (SSSR count). The summed E-state index contributed by atoms with van der Waals surface area (Å²) in [5.74, 6) is 0.173. The first kappa shape index (κ1) is 20.7. The second kappa shape index (κ2) is 8.37. The van der Waals surface area contributed by atoms with Crippen LogP contribution in [-0.2, 0) is 0 Å². The van der Waals surface area contributed by atoms with Crippen LogP contribution in [0.5, 0.6) is 5.75 Å². The Labute approximate surface area is 188 Å². The number of nitrogens with zero attached hydrogens (tertiary/aromatic N) is 3. The van der Waals surface area contributed by atoms with Crippen molar-refractivity contribution in [2.24, 2.45) is 0 Å². The largest absolute Gasteiger partial charge is 0.493 e. The van der Waals surface area contributed by atoms with E-state index in [1.165, 1.54) is 11.8 Å². The molecule has 1 saturated heterocycles. The Hall–Kier alpha value is -3.23. The summed E-state index contributed by atoms with van der Waals surface area (Å²) in [6.45, 7) is 4.68. The van der Waals surface area contributed by atoms with Gasteiger partial charge < -0.3 is 14.1 Å². The Morgan fingerprint density at radius 3 is 2.66 bits per heavy atom. The molecule has 1 aliphatic heterocycles. The maximum absolute atomic E-state index is 13.1. The van der Waals surface area contributed by atoms with Gasteiger partial charge in [-0.15, -0.1) is 11.3 Å². The first-order chi connectivity index (χ1) is 15.5. The normalized spacial score (nSPS) is 15.9. The Balaban J connectivity index is 1.31.